The Bertz CT molecular complexity index is 998. The Labute approximate surface area is 183 Å². The third-order valence-electron chi connectivity index (χ3n) is 3.94. The molecule has 0 bridgehead atoms. The van der Waals surface area contributed by atoms with Gasteiger partial charge >= 0.3 is 5.97 Å². The van der Waals surface area contributed by atoms with Gasteiger partial charge in [0.05, 0.1) is 21.8 Å². The van der Waals surface area contributed by atoms with Gasteiger partial charge in [-0.15, -0.1) is 0 Å². The molecule has 2 amide bonds. The van der Waals surface area contributed by atoms with E-state index in [-0.39, 0.29) is 34.1 Å². The maximum absolute atomic E-state index is 12.7. The summed E-state index contributed by atoms with van der Waals surface area (Å²) in [5.41, 5.74) is 3.41. The van der Waals surface area contributed by atoms with Gasteiger partial charge in [-0.05, 0) is 49.8 Å². The summed E-state index contributed by atoms with van der Waals surface area (Å²) in [5.74, 6) is -1.50. The molecule has 3 rings (SSSR count). The van der Waals surface area contributed by atoms with Crippen molar-refractivity contribution in [3.05, 3.63) is 63.6 Å². The molecular formula is C21H18Cl2N2O5. The van der Waals surface area contributed by atoms with Crippen LogP contribution in [0.15, 0.2) is 48.0 Å². The first-order valence-electron chi connectivity index (χ1n) is 8.99. The van der Waals surface area contributed by atoms with Crippen molar-refractivity contribution >= 4 is 52.7 Å². The number of benzene rings is 2. The van der Waals surface area contributed by atoms with Crippen LogP contribution in [0.1, 0.15) is 19.4 Å². The second kappa shape index (κ2) is 9.19. The maximum Gasteiger partial charge on any atom is 0.344 e. The van der Waals surface area contributed by atoms with Crippen molar-refractivity contribution in [2.24, 2.45) is 0 Å². The molecule has 156 valence electrons. The van der Waals surface area contributed by atoms with Gasteiger partial charge in [-0.2, -0.15) is 0 Å². The number of carbonyl (C=O) groups excluding carboxylic acids is 3. The highest BCUT2D eigenvalue weighted by Gasteiger charge is 2.34. The van der Waals surface area contributed by atoms with Crippen molar-refractivity contribution in [1.82, 2.24) is 5.43 Å². The van der Waals surface area contributed by atoms with Crippen molar-refractivity contribution in [3.8, 4) is 5.75 Å². The summed E-state index contributed by atoms with van der Waals surface area (Å²) in [6.07, 6.45) is 1.11. The minimum absolute atomic E-state index is 0.0693. The van der Waals surface area contributed by atoms with Crippen LogP contribution >= 0.6 is 23.2 Å². The third-order valence-corrected chi connectivity index (χ3v) is 4.50. The lowest BCUT2D eigenvalue weighted by atomic mass is 10.1. The Hall–Kier alpha value is -3.03. The Balaban J connectivity index is 1.80. The van der Waals surface area contributed by atoms with E-state index in [1.165, 1.54) is 18.2 Å². The first kappa shape index (κ1) is 21.7. The van der Waals surface area contributed by atoms with E-state index in [0.29, 0.717) is 11.3 Å². The number of ether oxygens (including phenoxy) is 2. The van der Waals surface area contributed by atoms with Gasteiger partial charge in [0.25, 0.3) is 11.8 Å². The van der Waals surface area contributed by atoms with E-state index in [9.17, 15) is 14.4 Å². The van der Waals surface area contributed by atoms with E-state index in [0.717, 1.165) is 5.01 Å². The molecule has 0 aromatic heterocycles. The largest absolute Gasteiger partial charge is 0.479 e. The fourth-order valence-electron chi connectivity index (χ4n) is 2.71. The van der Waals surface area contributed by atoms with E-state index < -0.39 is 17.8 Å². The molecule has 1 aliphatic heterocycles. The highest BCUT2D eigenvalue weighted by atomic mass is 35.5. The standard InChI is InChI=1S/C21H18Cl2N2O5/c1-12(2)30-18(26)11-29-19-16(22)9-13(10-17(19)23)8-15-20(27)24-25(21(15)28)14-6-4-3-5-7-14/h3-10,12H,11H2,1-2H3,(H,24,27)/b15-8-. The summed E-state index contributed by atoms with van der Waals surface area (Å²) in [7, 11) is 0. The lowest BCUT2D eigenvalue weighted by Gasteiger charge is -2.14. The van der Waals surface area contributed by atoms with E-state index in [1.807, 2.05) is 0 Å². The monoisotopic (exact) mass is 448 g/mol. The Morgan fingerprint density at radius 1 is 1.13 bits per heavy atom. The van der Waals surface area contributed by atoms with E-state index >= 15 is 0 Å². The van der Waals surface area contributed by atoms with Crippen LogP contribution in [-0.2, 0) is 19.1 Å². The second-order valence-corrected chi connectivity index (χ2v) is 7.43. The summed E-state index contributed by atoms with van der Waals surface area (Å²) < 4.78 is 10.3. The molecule has 0 unspecified atom stereocenters. The van der Waals surface area contributed by atoms with Crippen molar-refractivity contribution in [2.45, 2.75) is 20.0 Å². The zero-order valence-corrected chi connectivity index (χ0v) is 17.7. The molecule has 1 N–H and O–H groups in total. The topological polar surface area (TPSA) is 84.9 Å². The highest BCUT2D eigenvalue weighted by Crippen LogP contribution is 2.35. The third kappa shape index (κ3) is 4.93. The Morgan fingerprint density at radius 2 is 1.77 bits per heavy atom. The number of para-hydroxylation sites is 1. The van der Waals surface area contributed by atoms with Gasteiger partial charge in [0.1, 0.15) is 5.57 Å². The van der Waals surface area contributed by atoms with Crippen molar-refractivity contribution in [3.63, 3.8) is 0 Å². The molecule has 0 spiro atoms. The molecule has 30 heavy (non-hydrogen) atoms. The predicted molar refractivity (Wildman–Crippen MR) is 113 cm³/mol. The lowest BCUT2D eigenvalue weighted by Crippen LogP contribution is -2.35. The van der Waals surface area contributed by atoms with Gasteiger partial charge in [0, 0.05) is 0 Å². The fraction of sp³-hybridized carbons (Fsp3) is 0.190. The molecule has 1 aliphatic rings. The summed E-state index contributed by atoms with van der Waals surface area (Å²) in [6, 6.07) is 11.7. The van der Waals surface area contributed by atoms with Crippen LogP contribution in [-0.4, -0.2) is 30.5 Å². The van der Waals surface area contributed by atoms with Gasteiger partial charge in [0.15, 0.2) is 12.4 Å². The van der Waals surface area contributed by atoms with Crippen LogP contribution < -0.4 is 15.2 Å². The fourth-order valence-corrected chi connectivity index (χ4v) is 3.32. The van der Waals surface area contributed by atoms with Gasteiger partial charge < -0.3 is 9.47 Å². The number of anilines is 1. The van der Waals surface area contributed by atoms with Crippen LogP contribution in [0, 0.1) is 0 Å². The summed E-state index contributed by atoms with van der Waals surface area (Å²) >= 11 is 12.4. The number of halogens is 2. The van der Waals surface area contributed by atoms with Crippen LogP contribution in [0.3, 0.4) is 0 Å². The molecule has 0 saturated carbocycles. The predicted octanol–water partition coefficient (Wildman–Crippen LogP) is 3.79. The first-order valence-corrected chi connectivity index (χ1v) is 9.75. The molecular weight excluding hydrogens is 431 g/mol. The zero-order valence-electron chi connectivity index (χ0n) is 16.1. The Morgan fingerprint density at radius 3 is 2.37 bits per heavy atom. The molecule has 9 heteroatoms. The van der Waals surface area contributed by atoms with Gasteiger partial charge in [-0.1, -0.05) is 41.4 Å². The average Bonchev–Trinajstić information content (AvgIpc) is 2.95. The highest BCUT2D eigenvalue weighted by molar-refractivity contribution is 6.37. The van der Waals surface area contributed by atoms with Crippen molar-refractivity contribution < 1.29 is 23.9 Å². The SMILES string of the molecule is CC(C)OC(=O)COc1c(Cl)cc(/C=C2/C(=O)NN(c3ccccc3)C2=O)cc1Cl. The number of hydrogen-bond acceptors (Lipinski definition) is 5. The lowest BCUT2D eigenvalue weighted by molar-refractivity contribution is -0.149. The van der Waals surface area contributed by atoms with Gasteiger partial charge in [0.2, 0.25) is 0 Å². The summed E-state index contributed by atoms with van der Waals surface area (Å²) in [6.45, 7) is 3.09. The minimum Gasteiger partial charge on any atom is -0.479 e. The first-order chi connectivity index (χ1) is 14.3. The van der Waals surface area contributed by atoms with Crippen LogP contribution in [0.4, 0.5) is 5.69 Å². The number of amides is 2. The molecule has 0 aliphatic carbocycles. The second-order valence-electron chi connectivity index (χ2n) is 6.62. The molecule has 1 heterocycles. The maximum atomic E-state index is 12.7. The molecule has 7 nitrogen and oxygen atoms in total. The minimum atomic E-state index is -0.558. The smallest absolute Gasteiger partial charge is 0.344 e. The van der Waals surface area contributed by atoms with E-state index in [2.05, 4.69) is 5.43 Å². The van der Waals surface area contributed by atoms with Crippen LogP contribution in [0.25, 0.3) is 6.08 Å². The number of carbonyl (C=O) groups is 3. The van der Waals surface area contributed by atoms with Crippen LogP contribution in [0.5, 0.6) is 5.75 Å². The number of nitrogens with zero attached hydrogens (tertiary/aromatic N) is 1. The van der Waals surface area contributed by atoms with Crippen molar-refractivity contribution in [1.29, 1.82) is 0 Å². The zero-order chi connectivity index (χ0) is 21.8. The normalized spacial score (nSPS) is 15.0. The molecule has 2 aromatic carbocycles. The Kier molecular flexibility index (Phi) is 6.64. The number of esters is 1. The molecule has 0 radical (unpaired) electrons. The van der Waals surface area contributed by atoms with Gasteiger partial charge in [-0.3, -0.25) is 15.0 Å². The average molecular weight is 449 g/mol. The molecule has 1 saturated heterocycles. The molecule has 2 aromatic rings. The molecule has 0 atom stereocenters. The van der Waals surface area contributed by atoms with E-state index in [4.69, 9.17) is 32.7 Å². The van der Waals surface area contributed by atoms with Gasteiger partial charge in [-0.25, -0.2) is 9.80 Å². The van der Waals surface area contributed by atoms with Crippen LogP contribution in [0.2, 0.25) is 10.0 Å². The van der Waals surface area contributed by atoms with E-state index in [1.54, 1.807) is 44.2 Å². The number of hydrazine groups is 1. The number of hydrogen-bond donors (Lipinski definition) is 1. The van der Waals surface area contributed by atoms with Crippen molar-refractivity contribution in [2.75, 3.05) is 11.6 Å². The number of rotatable bonds is 6. The quantitative estimate of drug-likeness (QED) is 0.412. The summed E-state index contributed by atoms with van der Waals surface area (Å²) in [5, 5.41) is 1.41. The number of nitrogens with one attached hydrogen (secondary N) is 1. The summed E-state index contributed by atoms with van der Waals surface area (Å²) in [4.78, 5) is 36.6. The molecule has 1 fully saturated rings.